The van der Waals surface area contributed by atoms with Crippen LogP contribution < -0.4 is 10.1 Å². The Morgan fingerprint density at radius 2 is 1.86 bits per heavy atom. The molecule has 0 amide bonds. The van der Waals surface area contributed by atoms with Gasteiger partial charge in [-0.2, -0.15) is 0 Å². The van der Waals surface area contributed by atoms with Gasteiger partial charge < -0.3 is 10.1 Å². The maximum atomic E-state index is 13.1. The fraction of sp³-hybridized carbons (Fsp3) is 0.455. The predicted octanol–water partition coefficient (Wildman–Crippen LogP) is 2.86. The van der Waals surface area contributed by atoms with Crippen molar-refractivity contribution in [2.45, 2.75) is 19.5 Å². The van der Waals surface area contributed by atoms with Gasteiger partial charge in [-0.25, -0.2) is 4.39 Å². The lowest BCUT2D eigenvalue weighted by Crippen LogP contribution is -2.24. The number of methoxy groups -OCH3 is 1. The van der Waals surface area contributed by atoms with Crippen molar-refractivity contribution in [1.82, 2.24) is 0 Å². The molecule has 14 heavy (non-hydrogen) atoms. The van der Waals surface area contributed by atoms with Crippen molar-refractivity contribution in [3.63, 3.8) is 0 Å². The van der Waals surface area contributed by atoms with E-state index in [2.05, 4.69) is 5.32 Å². The summed E-state index contributed by atoms with van der Waals surface area (Å²) in [7, 11) is 1.62. The van der Waals surface area contributed by atoms with Crippen LogP contribution in [0.25, 0.3) is 0 Å². The quantitative estimate of drug-likeness (QED) is 0.801. The number of alkyl halides is 1. The minimum absolute atomic E-state index is 0.305. The summed E-state index contributed by atoms with van der Waals surface area (Å²) in [5.74, 6) is 0.801. The molecule has 0 spiro atoms. The Bertz CT molecular complexity index is 276. The third-order valence-electron chi connectivity index (χ3n) is 1.80. The van der Waals surface area contributed by atoms with Gasteiger partial charge in [0, 0.05) is 12.2 Å². The van der Waals surface area contributed by atoms with Gasteiger partial charge in [-0.1, -0.05) is 0 Å². The highest BCUT2D eigenvalue weighted by atomic mass is 19.1. The monoisotopic (exact) mass is 197 g/mol. The van der Waals surface area contributed by atoms with Gasteiger partial charge in [0.25, 0.3) is 0 Å². The molecule has 0 bridgehead atoms. The molecule has 1 aromatic rings. The normalized spacial score (nSPS) is 11.1. The summed E-state index contributed by atoms with van der Waals surface area (Å²) < 4.78 is 18.1. The molecule has 0 aromatic heterocycles. The van der Waals surface area contributed by atoms with E-state index in [-0.39, 0.29) is 0 Å². The van der Waals surface area contributed by atoms with Gasteiger partial charge in [-0.15, -0.1) is 0 Å². The zero-order valence-corrected chi connectivity index (χ0v) is 8.80. The van der Waals surface area contributed by atoms with Gasteiger partial charge in [-0.3, -0.25) is 0 Å². The molecular formula is C11H16FNO. The van der Waals surface area contributed by atoms with Crippen molar-refractivity contribution in [3.8, 4) is 5.75 Å². The molecule has 2 nitrogen and oxygen atoms in total. The first-order chi connectivity index (χ1) is 6.51. The molecule has 0 unspecified atom stereocenters. The molecular weight excluding hydrogens is 181 g/mol. The van der Waals surface area contributed by atoms with E-state index in [0.717, 1.165) is 11.4 Å². The fourth-order valence-electron chi connectivity index (χ4n) is 1.02. The van der Waals surface area contributed by atoms with Gasteiger partial charge in [0.1, 0.15) is 11.4 Å². The number of ether oxygens (including phenoxy) is 1. The van der Waals surface area contributed by atoms with Crippen LogP contribution in [0.2, 0.25) is 0 Å². The Morgan fingerprint density at radius 3 is 2.29 bits per heavy atom. The molecule has 1 rings (SSSR count). The van der Waals surface area contributed by atoms with Crippen molar-refractivity contribution in [3.05, 3.63) is 24.3 Å². The van der Waals surface area contributed by atoms with E-state index >= 15 is 0 Å². The molecule has 3 heteroatoms. The maximum Gasteiger partial charge on any atom is 0.122 e. The van der Waals surface area contributed by atoms with E-state index in [1.807, 2.05) is 24.3 Å². The zero-order chi connectivity index (χ0) is 10.6. The molecule has 1 aromatic carbocycles. The second-order valence-electron chi connectivity index (χ2n) is 3.80. The first-order valence-electron chi connectivity index (χ1n) is 4.58. The molecule has 0 fully saturated rings. The lowest BCUT2D eigenvalue weighted by molar-refractivity contribution is 0.235. The predicted molar refractivity (Wildman–Crippen MR) is 56.7 cm³/mol. The first kappa shape index (κ1) is 10.8. The third-order valence-corrected chi connectivity index (χ3v) is 1.80. The van der Waals surface area contributed by atoms with E-state index in [1.165, 1.54) is 0 Å². The summed E-state index contributed by atoms with van der Waals surface area (Å²) in [4.78, 5) is 0. The molecule has 0 aliphatic rings. The average molecular weight is 197 g/mol. The van der Waals surface area contributed by atoms with Crippen LogP contribution in [-0.4, -0.2) is 19.3 Å². The maximum absolute atomic E-state index is 13.1. The van der Waals surface area contributed by atoms with Crippen molar-refractivity contribution < 1.29 is 9.13 Å². The Morgan fingerprint density at radius 1 is 1.29 bits per heavy atom. The van der Waals surface area contributed by atoms with E-state index in [9.17, 15) is 4.39 Å². The summed E-state index contributed by atoms with van der Waals surface area (Å²) in [6.45, 7) is 3.40. The van der Waals surface area contributed by atoms with Crippen LogP contribution in [0.1, 0.15) is 13.8 Å². The highest BCUT2D eigenvalue weighted by molar-refractivity contribution is 5.46. The van der Waals surface area contributed by atoms with Gasteiger partial charge in [0.2, 0.25) is 0 Å². The number of hydrogen-bond acceptors (Lipinski definition) is 2. The minimum Gasteiger partial charge on any atom is -0.497 e. The lowest BCUT2D eigenvalue weighted by Gasteiger charge is -2.15. The summed E-state index contributed by atoms with van der Waals surface area (Å²) in [5, 5.41) is 3.01. The number of benzene rings is 1. The van der Waals surface area contributed by atoms with Crippen LogP contribution in [0.5, 0.6) is 5.75 Å². The van der Waals surface area contributed by atoms with Crippen LogP contribution in [0.15, 0.2) is 24.3 Å². The van der Waals surface area contributed by atoms with Crippen molar-refractivity contribution in [2.24, 2.45) is 0 Å². The molecule has 0 saturated heterocycles. The van der Waals surface area contributed by atoms with E-state index in [1.54, 1.807) is 21.0 Å². The van der Waals surface area contributed by atoms with Crippen molar-refractivity contribution >= 4 is 5.69 Å². The fourth-order valence-corrected chi connectivity index (χ4v) is 1.02. The summed E-state index contributed by atoms with van der Waals surface area (Å²) in [6.07, 6.45) is 0. The molecule has 1 N–H and O–H groups in total. The van der Waals surface area contributed by atoms with E-state index < -0.39 is 5.67 Å². The highest BCUT2D eigenvalue weighted by Crippen LogP contribution is 2.16. The van der Waals surface area contributed by atoms with Gasteiger partial charge in [0.05, 0.1) is 7.11 Å². The number of anilines is 1. The Kier molecular flexibility index (Phi) is 3.33. The second kappa shape index (κ2) is 4.31. The topological polar surface area (TPSA) is 21.3 Å². The van der Waals surface area contributed by atoms with Crippen molar-refractivity contribution in [2.75, 3.05) is 19.0 Å². The SMILES string of the molecule is COc1ccc(NCC(C)(C)F)cc1. The van der Waals surface area contributed by atoms with Crippen molar-refractivity contribution in [1.29, 1.82) is 0 Å². The zero-order valence-electron chi connectivity index (χ0n) is 8.80. The van der Waals surface area contributed by atoms with Crippen LogP contribution in [0, 0.1) is 0 Å². The number of nitrogens with one attached hydrogen (secondary N) is 1. The third kappa shape index (κ3) is 3.64. The van der Waals surface area contributed by atoms with Crippen LogP contribution in [0.4, 0.5) is 10.1 Å². The van der Waals surface area contributed by atoms with Crippen LogP contribution in [0.3, 0.4) is 0 Å². The van der Waals surface area contributed by atoms with Crippen LogP contribution in [-0.2, 0) is 0 Å². The Hall–Kier alpha value is -1.25. The number of hydrogen-bond donors (Lipinski definition) is 1. The van der Waals surface area contributed by atoms with Gasteiger partial charge >= 0.3 is 0 Å². The van der Waals surface area contributed by atoms with Gasteiger partial charge in [-0.05, 0) is 38.1 Å². The largest absolute Gasteiger partial charge is 0.497 e. The first-order valence-corrected chi connectivity index (χ1v) is 4.58. The molecule has 0 heterocycles. The molecule has 0 aliphatic carbocycles. The average Bonchev–Trinajstić information content (AvgIpc) is 2.14. The Labute approximate surface area is 84.1 Å². The molecule has 0 atom stereocenters. The molecule has 0 aliphatic heterocycles. The van der Waals surface area contributed by atoms with Crippen LogP contribution >= 0.6 is 0 Å². The van der Waals surface area contributed by atoms with E-state index in [4.69, 9.17) is 4.74 Å². The standard InChI is InChI=1S/C11H16FNO/c1-11(2,12)8-13-9-4-6-10(14-3)7-5-9/h4-7,13H,8H2,1-3H3. The van der Waals surface area contributed by atoms with E-state index in [0.29, 0.717) is 6.54 Å². The Balaban J connectivity index is 2.52. The second-order valence-corrected chi connectivity index (χ2v) is 3.80. The number of halogens is 1. The molecule has 78 valence electrons. The molecule has 0 saturated carbocycles. The smallest absolute Gasteiger partial charge is 0.122 e. The molecule has 0 radical (unpaired) electrons. The van der Waals surface area contributed by atoms with Gasteiger partial charge in [0.15, 0.2) is 0 Å². The lowest BCUT2D eigenvalue weighted by atomic mass is 10.1. The summed E-state index contributed by atoms with van der Waals surface area (Å²) >= 11 is 0. The number of rotatable bonds is 4. The minimum atomic E-state index is -1.19. The highest BCUT2D eigenvalue weighted by Gasteiger charge is 2.14. The summed E-state index contributed by atoms with van der Waals surface area (Å²) in [6, 6.07) is 7.41. The summed E-state index contributed by atoms with van der Waals surface area (Å²) in [5.41, 5.74) is -0.295.